The van der Waals surface area contributed by atoms with Gasteiger partial charge >= 0.3 is 0 Å². The fraction of sp³-hybridized carbons (Fsp3) is 0.409. The number of hydrogen-bond donors (Lipinski definition) is 2. The van der Waals surface area contributed by atoms with Crippen molar-refractivity contribution in [2.45, 2.75) is 25.0 Å². The minimum atomic E-state index is -0.184. The molecule has 0 aromatic heterocycles. The highest BCUT2D eigenvalue weighted by atomic mass is 16.5. The first kappa shape index (κ1) is 18.8. The Kier molecular flexibility index (Phi) is 5.24. The summed E-state index contributed by atoms with van der Waals surface area (Å²) in [6.45, 7) is 2.52. The maximum absolute atomic E-state index is 12.7. The van der Waals surface area contributed by atoms with Gasteiger partial charge < -0.3 is 25.6 Å². The zero-order valence-corrected chi connectivity index (χ0v) is 16.5. The number of nitrogens with one attached hydrogen (secondary N) is 1. The van der Waals surface area contributed by atoms with Gasteiger partial charge in [0, 0.05) is 19.1 Å². The molecule has 4 rings (SSSR count). The molecule has 2 aromatic rings. The third-order valence-electron chi connectivity index (χ3n) is 5.47. The first-order chi connectivity index (χ1) is 13.5. The summed E-state index contributed by atoms with van der Waals surface area (Å²) in [4.78, 5) is 17.1. The summed E-state index contributed by atoms with van der Waals surface area (Å²) < 4.78 is 5.83. The molecule has 2 aliphatic heterocycles. The fourth-order valence-electron chi connectivity index (χ4n) is 4.03. The van der Waals surface area contributed by atoms with E-state index < -0.39 is 0 Å². The highest BCUT2D eigenvalue weighted by molar-refractivity contribution is 6.03. The van der Waals surface area contributed by atoms with Crippen molar-refractivity contribution in [1.82, 2.24) is 10.2 Å². The van der Waals surface area contributed by atoms with Crippen LogP contribution in [0.4, 0.5) is 5.69 Å². The van der Waals surface area contributed by atoms with Crippen LogP contribution in [0.5, 0.6) is 5.75 Å². The van der Waals surface area contributed by atoms with Crippen molar-refractivity contribution in [2.24, 2.45) is 5.73 Å². The molecule has 0 fully saturated rings. The largest absolute Gasteiger partial charge is 0.494 e. The van der Waals surface area contributed by atoms with Crippen LogP contribution >= 0.6 is 0 Å². The molecule has 0 spiro atoms. The Balaban J connectivity index is 1.53. The van der Waals surface area contributed by atoms with E-state index in [0.29, 0.717) is 12.2 Å². The molecule has 0 radical (unpaired) electrons. The van der Waals surface area contributed by atoms with Crippen molar-refractivity contribution in [2.75, 3.05) is 38.7 Å². The number of anilines is 1. The Morgan fingerprint density at radius 2 is 2.00 bits per heavy atom. The zero-order chi connectivity index (χ0) is 19.7. The molecule has 148 valence electrons. The van der Waals surface area contributed by atoms with E-state index >= 15 is 0 Å². The van der Waals surface area contributed by atoms with Crippen LogP contribution in [0.3, 0.4) is 0 Å². The van der Waals surface area contributed by atoms with Gasteiger partial charge in [-0.25, -0.2) is 0 Å². The summed E-state index contributed by atoms with van der Waals surface area (Å²) in [7, 11) is 4.12. The number of ether oxygens (including phenoxy) is 1. The molecule has 1 amide bonds. The van der Waals surface area contributed by atoms with Crippen molar-refractivity contribution in [3.8, 4) is 5.75 Å². The number of amides is 1. The van der Waals surface area contributed by atoms with E-state index in [9.17, 15) is 4.79 Å². The third kappa shape index (κ3) is 3.57. The second-order valence-electron chi connectivity index (χ2n) is 7.78. The number of carbonyl (C=O) groups excluding carboxylic acids is 1. The second kappa shape index (κ2) is 7.81. The molecule has 0 saturated heterocycles. The zero-order valence-electron chi connectivity index (χ0n) is 16.5. The van der Waals surface area contributed by atoms with Gasteiger partial charge in [0.2, 0.25) is 0 Å². The summed E-state index contributed by atoms with van der Waals surface area (Å²) in [6.07, 6.45) is 1.67. The lowest BCUT2D eigenvalue weighted by Crippen LogP contribution is -2.49. The van der Waals surface area contributed by atoms with Gasteiger partial charge in [-0.2, -0.15) is 0 Å². The molecule has 6 heteroatoms. The maximum Gasteiger partial charge on any atom is 0.255 e. The van der Waals surface area contributed by atoms with E-state index in [2.05, 4.69) is 29.2 Å². The summed E-state index contributed by atoms with van der Waals surface area (Å²) in [5.41, 5.74) is 10.1. The average Bonchev–Trinajstić information content (AvgIpc) is 2.70. The first-order valence-electron chi connectivity index (χ1n) is 9.88. The number of hydrogen-bond acceptors (Lipinski definition) is 5. The monoisotopic (exact) mass is 380 g/mol. The molecule has 28 heavy (non-hydrogen) atoms. The molecule has 2 aromatic carbocycles. The second-order valence-corrected chi connectivity index (χ2v) is 7.78. The molecule has 0 saturated carbocycles. The van der Waals surface area contributed by atoms with Gasteiger partial charge in [-0.15, -0.1) is 0 Å². The van der Waals surface area contributed by atoms with Crippen LogP contribution in [-0.2, 0) is 0 Å². The third-order valence-corrected chi connectivity index (χ3v) is 5.47. The Hall–Kier alpha value is -2.57. The number of carbonyl (C=O) groups is 1. The lowest BCUT2D eigenvalue weighted by atomic mass is 9.90. The molecule has 3 N–H and O–H groups in total. The highest BCUT2D eigenvalue weighted by Crippen LogP contribution is 2.42. The van der Waals surface area contributed by atoms with Gasteiger partial charge in [-0.1, -0.05) is 24.3 Å². The van der Waals surface area contributed by atoms with Crippen LogP contribution in [0.2, 0.25) is 0 Å². The van der Waals surface area contributed by atoms with E-state index in [1.165, 1.54) is 0 Å². The lowest BCUT2D eigenvalue weighted by Gasteiger charge is -2.44. The topological polar surface area (TPSA) is 70.8 Å². The van der Waals surface area contributed by atoms with E-state index in [1.54, 1.807) is 0 Å². The van der Waals surface area contributed by atoms with Gasteiger partial charge in [0.25, 0.3) is 5.91 Å². The first-order valence-corrected chi connectivity index (χ1v) is 9.88. The van der Waals surface area contributed by atoms with Gasteiger partial charge in [0.05, 0.1) is 17.9 Å². The quantitative estimate of drug-likeness (QED) is 0.754. The molecular formula is C22H28N4O2. The molecule has 0 unspecified atom stereocenters. The van der Waals surface area contributed by atoms with Crippen LogP contribution in [0.25, 0.3) is 0 Å². The Bertz CT molecular complexity index is 850. The number of nitrogens with zero attached hydrogens (tertiary/aromatic N) is 2. The minimum absolute atomic E-state index is 0.0179. The van der Waals surface area contributed by atoms with Crippen molar-refractivity contribution in [1.29, 1.82) is 0 Å². The van der Waals surface area contributed by atoms with E-state index in [0.717, 1.165) is 48.5 Å². The van der Waals surface area contributed by atoms with Crippen molar-refractivity contribution < 1.29 is 9.53 Å². The Labute approximate surface area is 166 Å². The standard InChI is InChI=1S/C22H28N4O2/c1-25(2)12-4-14-28-16-9-7-15(8-10-16)21-24-22(27)18-6-3-5-17-19(23)11-13-26(21)20(17)18/h3,5-10,19,21H,4,11-14,23H2,1-2H3,(H,24,27)/t19-,21-/m0/s1. The molecule has 0 bridgehead atoms. The van der Waals surface area contributed by atoms with Crippen molar-refractivity contribution in [3.05, 3.63) is 59.2 Å². The van der Waals surface area contributed by atoms with Crippen molar-refractivity contribution in [3.63, 3.8) is 0 Å². The number of rotatable bonds is 6. The smallest absolute Gasteiger partial charge is 0.255 e. The van der Waals surface area contributed by atoms with E-state index in [4.69, 9.17) is 10.5 Å². The average molecular weight is 380 g/mol. The van der Waals surface area contributed by atoms with Gasteiger partial charge in [-0.05, 0) is 56.3 Å². The molecule has 6 nitrogen and oxygen atoms in total. The lowest BCUT2D eigenvalue weighted by molar-refractivity contribution is 0.0925. The molecule has 2 heterocycles. The summed E-state index contributed by atoms with van der Waals surface area (Å²) in [6, 6.07) is 13.8. The normalized spacial score (nSPS) is 20.7. The Morgan fingerprint density at radius 3 is 2.75 bits per heavy atom. The minimum Gasteiger partial charge on any atom is -0.494 e. The summed E-state index contributed by atoms with van der Waals surface area (Å²) in [5.74, 6) is 0.808. The van der Waals surface area contributed by atoms with Gasteiger partial charge in [-0.3, -0.25) is 4.79 Å². The van der Waals surface area contributed by atoms with Crippen LogP contribution < -0.4 is 20.7 Å². The number of benzene rings is 2. The Morgan fingerprint density at radius 1 is 1.21 bits per heavy atom. The van der Waals surface area contributed by atoms with Crippen LogP contribution in [-0.4, -0.2) is 44.6 Å². The molecule has 0 aliphatic carbocycles. The van der Waals surface area contributed by atoms with Crippen LogP contribution in [0, 0.1) is 0 Å². The predicted octanol–water partition coefficient (Wildman–Crippen LogP) is 2.67. The van der Waals surface area contributed by atoms with Crippen molar-refractivity contribution >= 4 is 11.6 Å². The maximum atomic E-state index is 12.7. The van der Waals surface area contributed by atoms with E-state index in [-0.39, 0.29) is 18.1 Å². The summed E-state index contributed by atoms with van der Waals surface area (Å²) >= 11 is 0. The van der Waals surface area contributed by atoms with E-state index in [1.807, 2.05) is 42.5 Å². The molecule has 2 atom stereocenters. The summed E-state index contributed by atoms with van der Waals surface area (Å²) in [5, 5.41) is 3.15. The number of para-hydroxylation sites is 1. The number of nitrogens with two attached hydrogens (primary N) is 1. The highest BCUT2D eigenvalue weighted by Gasteiger charge is 2.37. The SMILES string of the molecule is CN(C)CCCOc1ccc([C@H]2NC(=O)c3cccc4c3N2CC[C@@H]4N)cc1. The van der Waals surface area contributed by atoms with Crippen LogP contribution in [0.15, 0.2) is 42.5 Å². The molecule has 2 aliphatic rings. The predicted molar refractivity (Wildman–Crippen MR) is 111 cm³/mol. The fourth-order valence-corrected chi connectivity index (χ4v) is 4.03. The van der Waals surface area contributed by atoms with Crippen LogP contribution in [0.1, 0.15) is 46.5 Å². The molecular weight excluding hydrogens is 352 g/mol. The van der Waals surface area contributed by atoms with Gasteiger partial charge in [0.1, 0.15) is 11.9 Å². The van der Waals surface area contributed by atoms with Gasteiger partial charge in [0.15, 0.2) is 0 Å².